The van der Waals surface area contributed by atoms with Gasteiger partial charge in [0, 0.05) is 18.8 Å². The zero-order valence-electron chi connectivity index (χ0n) is 10.3. The van der Waals surface area contributed by atoms with Gasteiger partial charge in [-0.15, -0.1) is 0 Å². The second kappa shape index (κ2) is 7.27. The van der Waals surface area contributed by atoms with E-state index in [4.69, 9.17) is 10.8 Å². The molecule has 1 aromatic carbocycles. The van der Waals surface area contributed by atoms with E-state index in [1.807, 2.05) is 12.1 Å². The van der Waals surface area contributed by atoms with Crippen LogP contribution in [0, 0.1) is 0 Å². The minimum atomic E-state index is -0.534. The summed E-state index contributed by atoms with van der Waals surface area (Å²) in [6.07, 6.45) is 0.475. The number of nitrogen functional groups attached to an aromatic ring is 1. The van der Waals surface area contributed by atoms with Gasteiger partial charge in [0.1, 0.15) is 0 Å². The SMILES string of the molecule is CCCN(CCO)CC(O)c1ccc(N)cc1. The molecule has 4 heteroatoms. The fourth-order valence-corrected chi connectivity index (χ4v) is 1.82. The smallest absolute Gasteiger partial charge is 0.0916 e. The molecule has 1 rings (SSSR count). The molecule has 0 aliphatic carbocycles. The van der Waals surface area contributed by atoms with Gasteiger partial charge in [0.05, 0.1) is 12.7 Å². The van der Waals surface area contributed by atoms with Crippen LogP contribution in [-0.4, -0.2) is 41.4 Å². The highest BCUT2D eigenvalue weighted by Gasteiger charge is 2.12. The second-order valence-electron chi connectivity index (χ2n) is 4.21. The molecule has 0 bridgehead atoms. The lowest BCUT2D eigenvalue weighted by molar-refractivity contribution is 0.0999. The number of hydrogen-bond acceptors (Lipinski definition) is 4. The number of nitrogens with zero attached hydrogens (tertiary/aromatic N) is 1. The van der Waals surface area contributed by atoms with E-state index in [2.05, 4.69) is 11.8 Å². The molecule has 1 aromatic rings. The molecule has 0 fully saturated rings. The number of aliphatic hydroxyl groups excluding tert-OH is 2. The summed E-state index contributed by atoms with van der Waals surface area (Å²) >= 11 is 0. The van der Waals surface area contributed by atoms with Crippen LogP contribution in [0.5, 0.6) is 0 Å². The number of benzene rings is 1. The minimum Gasteiger partial charge on any atom is -0.399 e. The Hall–Kier alpha value is -1.10. The molecule has 0 saturated heterocycles. The first-order valence-electron chi connectivity index (χ1n) is 6.04. The zero-order chi connectivity index (χ0) is 12.7. The maximum atomic E-state index is 10.1. The Kier molecular flexibility index (Phi) is 5.97. The van der Waals surface area contributed by atoms with Gasteiger partial charge in [-0.25, -0.2) is 0 Å². The fourth-order valence-electron chi connectivity index (χ4n) is 1.82. The predicted octanol–water partition coefficient (Wildman–Crippen LogP) is 1.01. The standard InChI is InChI=1S/C13H22N2O2/c1-2-7-15(8-9-16)10-13(17)11-3-5-12(14)6-4-11/h3-6,13,16-17H,2,7-10,14H2,1H3. The lowest BCUT2D eigenvalue weighted by Gasteiger charge is -2.23. The zero-order valence-corrected chi connectivity index (χ0v) is 10.3. The summed E-state index contributed by atoms with van der Waals surface area (Å²) in [5.41, 5.74) is 7.15. The van der Waals surface area contributed by atoms with Crippen molar-refractivity contribution >= 4 is 5.69 Å². The highest BCUT2D eigenvalue weighted by Crippen LogP contribution is 2.16. The van der Waals surface area contributed by atoms with Crippen LogP contribution < -0.4 is 5.73 Å². The third-order valence-corrected chi connectivity index (χ3v) is 2.71. The molecular formula is C13H22N2O2. The molecular weight excluding hydrogens is 216 g/mol. The van der Waals surface area contributed by atoms with Gasteiger partial charge in [0.2, 0.25) is 0 Å². The van der Waals surface area contributed by atoms with E-state index in [9.17, 15) is 5.11 Å². The third kappa shape index (κ3) is 4.73. The Morgan fingerprint density at radius 2 is 1.88 bits per heavy atom. The summed E-state index contributed by atoms with van der Waals surface area (Å²) in [6, 6.07) is 7.25. The van der Waals surface area contributed by atoms with Crippen LogP contribution in [0.25, 0.3) is 0 Å². The molecule has 0 radical (unpaired) electrons. The molecule has 96 valence electrons. The largest absolute Gasteiger partial charge is 0.399 e. The molecule has 4 N–H and O–H groups in total. The molecule has 0 heterocycles. The van der Waals surface area contributed by atoms with Gasteiger partial charge in [0.25, 0.3) is 0 Å². The number of hydrogen-bond donors (Lipinski definition) is 3. The molecule has 1 atom stereocenters. The molecule has 0 aliphatic heterocycles. The van der Waals surface area contributed by atoms with Crippen molar-refractivity contribution in [2.24, 2.45) is 0 Å². The van der Waals surface area contributed by atoms with E-state index in [0.29, 0.717) is 18.8 Å². The Bertz CT molecular complexity index is 308. The van der Waals surface area contributed by atoms with Gasteiger partial charge < -0.3 is 15.9 Å². The predicted molar refractivity (Wildman–Crippen MR) is 69.6 cm³/mol. The summed E-state index contributed by atoms with van der Waals surface area (Å²) in [5, 5.41) is 19.0. The molecule has 4 nitrogen and oxygen atoms in total. The van der Waals surface area contributed by atoms with Crippen molar-refractivity contribution in [1.29, 1.82) is 0 Å². The molecule has 0 aromatic heterocycles. The first-order valence-corrected chi connectivity index (χ1v) is 6.04. The van der Waals surface area contributed by atoms with Crippen LogP contribution in [0.4, 0.5) is 5.69 Å². The normalized spacial score (nSPS) is 12.9. The Morgan fingerprint density at radius 1 is 1.24 bits per heavy atom. The van der Waals surface area contributed by atoms with Crippen molar-refractivity contribution in [2.75, 3.05) is 32.0 Å². The second-order valence-corrected chi connectivity index (χ2v) is 4.21. The third-order valence-electron chi connectivity index (χ3n) is 2.71. The first kappa shape index (κ1) is 14.0. The fraction of sp³-hybridized carbons (Fsp3) is 0.538. The number of anilines is 1. The highest BCUT2D eigenvalue weighted by atomic mass is 16.3. The summed E-state index contributed by atoms with van der Waals surface area (Å²) in [6.45, 7) is 4.22. The maximum Gasteiger partial charge on any atom is 0.0916 e. The van der Waals surface area contributed by atoms with E-state index >= 15 is 0 Å². The van der Waals surface area contributed by atoms with Gasteiger partial charge in [0.15, 0.2) is 0 Å². The van der Waals surface area contributed by atoms with E-state index in [-0.39, 0.29) is 6.61 Å². The van der Waals surface area contributed by atoms with Gasteiger partial charge in [-0.3, -0.25) is 4.90 Å². The molecule has 0 aliphatic rings. The number of aliphatic hydroxyl groups is 2. The molecule has 1 unspecified atom stereocenters. The lowest BCUT2D eigenvalue weighted by atomic mass is 10.1. The van der Waals surface area contributed by atoms with Crippen molar-refractivity contribution in [1.82, 2.24) is 4.90 Å². The Labute approximate surface area is 103 Å². The van der Waals surface area contributed by atoms with Gasteiger partial charge in [-0.1, -0.05) is 19.1 Å². The Morgan fingerprint density at radius 3 is 2.41 bits per heavy atom. The van der Waals surface area contributed by atoms with Crippen molar-refractivity contribution < 1.29 is 10.2 Å². The van der Waals surface area contributed by atoms with Crippen LogP contribution in [0.15, 0.2) is 24.3 Å². The number of nitrogens with two attached hydrogens (primary N) is 1. The average Bonchev–Trinajstić information content (AvgIpc) is 2.30. The maximum absolute atomic E-state index is 10.1. The van der Waals surface area contributed by atoms with Crippen molar-refractivity contribution in [3.05, 3.63) is 29.8 Å². The van der Waals surface area contributed by atoms with E-state index in [1.54, 1.807) is 12.1 Å². The molecule has 0 amide bonds. The molecule has 0 saturated carbocycles. The Balaban J connectivity index is 2.56. The van der Waals surface area contributed by atoms with Gasteiger partial charge >= 0.3 is 0 Å². The van der Waals surface area contributed by atoms with E-state index in [0.717, 1.165) is 18.5 Å². The summed E-state index contributed by atoms with van der Waals surface area (Å²) in [4.78, 5) is 2.06. The van der Waals surface area contributed by atoms with Crippen LogP contribution in [0.2, 0.25) is 0 Å². The summed E-state index contributed by atoms with van der Waals surface area (Å²) in [7, 11) is 0. The van der Waals surface area contributed by atoms with Crippen LogP contribution in [-0.2, 0) is 0 Å². The van der Waals surface area contributed by atoms with Crippen LogP contribution in [0.1, 0.15) is 25.0 Å². The average molecular weight is 238 g/mol. The topological polar surface area (TPSA) is 69.7 Å². The van der Waals surface area contributed by atoms with Crippen molar-refractivity contribution in [2.45, 2.75) is 19.4 Å². The van der Waals surface area contributed by atoms with Crippen LogP contribution in [0.3, 0.4) is 0 Å². The monoisotopic (exact) mass is 238 g/mol. The van der Waals surface area contributed by atoms with Crippen molar-refractivity contribution in [3.8, 4) is 0 Å². The highest BCUT2D eigenvalue weighted by molar-refractivity contribution is 5.39. The quantitative estimate of drug-likeness (QED) is 0.620. The summed E-state index contributed by atoms with van der Waals surface area (Å²) < 4.78 is 0. The molecule has 17 heavy (non-hydrogen) atoms. The lowest BCUT2D eigenvalue weighted by Crippen LogP contribution is -2.32. The van der Waals surface area contributed by atoms with E-state index < -0.39 is 6.10 Å². The first-order chi connectivity index (χ1) is 8.17. The van der Waals surface area contributed by atoms with Crippen molar-refractivity contribution in [3.63, 3.8) is 0 Å². The van der Waals surface area contributed by atoms with Gasteiger partial charge in [-0.2, -0.15) is 0 Å². The summed E-state index contributed by atoms with van der Waals surface area (Å²) in [5.74, 6) is 0. The van der Waals surface area contributed by atoms with E-state index in [1.165, 1.54) is 0 Å². The van der Waals surface area contributed by atoms with Gasteiger partial charge in [-0.05, 0) is 30.7 Å². The molecule has 0 spiro atoms. The number of rotatable bonds is 7. The van der Waals surface area contributed by atoms with Crippen LogP contribution >= 0.6 is 0 Å². The minimum absolute atomic E-state index is 0.120.